The molecule has 0 heterocycles. The summed E-state index contributed by atoms with van der Waals surface area (Å²) in [5.41, 5.74) is 5.47. The molecule has 0 saturated carbocycles. The number of carbonyl (C=O) groups excluding carboxylic acids is 1. The van der Waals surface area contributed by atoms with Gasteiger partial charge in [0.15, 0.2) is 5.12 Å². The van der Waals surface area contributed by atoms with Crippen molar-refractivity contribution in [3.63, 3.8) is 0 Å². The van der Waals surface area contributed by atoms with Crippen LogP contribution in [0.1, 0.15) is 43.0 Å². The second-order valence-corrected chi connectivity index (χ2v) is 5.61. The number of rotatable bonds is 5. The standard InChI is InChI=1S/C16H22OS/c1-5-14-10-12(3)11-15(6-2)16(14)8-7-9-18-13(4)17/h7-8,10-11H,5-6,9H2,1-4H3. The minimum Gasteiger partial charge on any atom is -0.288 e. The molecular formula is C16H22OS. The highest BCUT2D eigenvalue weighted by atomic mass is 32.2. The summed E-state index contributed by atoms with van der Waals surface area (Å²) in [5.74, 6) is 0.759. The van der Waals surface area contributed by atoms with Gasteiger partial charge in [0.05, 0.1) is 0 Å². The van der Waals surface area contributed by atoms with Crippen LogP contribution in [0.5, 0.6) is 0 Å². The van der Waals surface area contributed by atoms with Crippen molar-refractivity contribution in [1.29, 1.82) is 0 Å². The van der Waals surface area contributed by atoms with Crippen LogP contribution >= 0.6 is 11.8 Å². The maximum Gasteiger partial charge on any atom is 0.186 e. The normalized spacial score (nSPS) is 11.1. The Bertz CT molecular complexity index is 421. The van der Waals surface area contributed by atoms with E-state index in [2.05, 4.69) is 45.1 Å². The molecule has 0 fully saturated rings. The first-order valence-corrected chi connectivity index (χ1v) is 7.49. The van der Waals surface area contributed by atoms with Crippen molar-refractivity contribution in [1.82, 2.24) is 0 Å². The first-order valence-electron chi connectivity index (χ1n) is 6.50. The quantitative estimate of drug-likeness (QED) is 0.781. The first kappa shape index (κ1) is 15.0. The molecule has 0 unspecified atom stereocenters. The number of thioether (sulfide) groups is 1. The topological polar surface area (TPSA) is 17.1 Å². The van der Waals surface area contributed by atoms with Crippen molar-refractivity contribution >= 4 is 23.0 Å². The van der Waals surface area contributed by atoms with Crippen LogP contribution in [-0.4, -0.2) is 10.9 Å². The molecule has 0 saturated heterocycles. The summed E-state index contributed by atoms with van der Waals surface area (Å²) in [6.07, 6.45) is 6.37. The van der Waals surface area contributed by atoms with E-state index in [0.717, 1.165) is 18.6 Å². The monoisotopic (exact) mass is 262 g/mol. The zero-order valence-corrected chi connectivity index (χ0v) is 12.6. The lowest BCUT2D eigenvalue weighted by Gasteiger charge is -2.11. The van der Waals surface area contributed by atoms with Crippen molar-refractivity contribution < 1.29 is 4.79 Å². The van der Waals surface area contributed by atoms with Crippen molar-refractivity contribution in [3.05, 3.63) is 40.5 Å². The van der Waals surface area contributed by atoms with E-state index in [0.29, 0.717) is 0 Å². The molecule has 0 N–H and O–H groups in total. The van der Waals surface area contributed by atoms with E-state index in [1.54, 1.807) is 6.92 Å². The molecule has 0 radical (unpaired) electrons. The Balaban J connectivity index is 2.95. The molecule has 0 spiro atoms. The molecule has 0 amide bonds. The maximum atomic E-state index is 10.9. The van der Waals surface area contributed by atoms with E-state index in [1.165, 1.54) is 34.0 Å². The van der Waals surface area contributed by atoms with Crippen LogP contribution in [0.3, 0.4) is 0 Å². The van der Waals surface area contributed by atoms with Gasteiger partial charge in [-0.05, 0) is 36.5 Å². The average molecular weight is 262 g/mol. The lowest BCUT2D eigenvalue weighted by atomic mass is 9.95. The zero-order valence-electron chi connectivity index (χ0n) is 11.7. The Hall–Kier alpha value is -1.02. The summed E-state index contributed by atoms with van der Waals surface area (Å²) in [7, 11) is 0. The van der Waals surface area contributed by atoms with Gasteiger partial charge in [-0.1, -0.05) is 55.5 Å². The summed E-state index contributed by atoms with van der Waals surface area (Å²) in [4.78, 5) is 10.9. The Labute approximate surface area is 115 Å². The number of hydrogen-bond acceptors (Lipinski definition) is 2. The molecule has 1 rings (SSSR count). The highest BCUT2D eigenvalue weighted by Gasteiger charge is 2.04. The van der Waals surface area contributed by atoms with Crippen molar-refractivity contribution in [2.75, 3.05) is 5.75 Å². The van der Waals surface area contributed by atoms with E-state index >= 15 is 0 Å². The molecule has 1 aromatic rings. The SMILES string of the molecule is CCc1cc(C)cc(CC)c1C=CCSC(C)=O. The van der Waals surface area contributed by atoms with Gasteiger partial charge in [0, 0.05) is 12.7 Å². The van der Waals surface area contributed by atoms with Crippen molar-refractivity contribution in [2.24, 2.45) is 0 Å². The van der Waals surface area contributed by atoms with Gasteiger partial charge in [-0.25, -0.2) is 0 Å². The van der Waals surface area contributed by atoms with Crippen LogP contribution < -0.4 is 0 Å². The second kappa shape index (κ2) is 7.42. The summed E-state index contributed by atoms with van der Waals surface area (Å²) in [6, 6.07) is 4.52. The van der Waals surface area contributed by atoms with Crippen LogP contribution in [0, 0.1) is 6.92 Å². The average Bonchev–Trinajstić information content (AvgIpc) is 2.34. The van der Waals surface area contributed by atoms with E-state index in [-0.39, 0.29) is 5.12 Å². The van der Waals surface area contributed by atoms with Gasteiger partial charge in [0.25, 0.3) is 0 Å². The van der Waals surface area contributed by atoms with Gasteiger partial charge in [-0.15, -0.1) is 0 Å². The predicted octanol–water partition coefficient (Wildman–Crippen LogP) is 4.41. The van der Waals surface area contributed by atoms with Gasteiger partial charge in [0.2, 0.25) is 0 Å². The summed E-state index contributed by atoms with van der Waals surface area (Å²) >= 11 is 1.35. The third-order valence-corrected chi connectivity index (χ3v) is 3.69. The first-order chi connectivity index (χ1) is 8.58. The predicted molar refractivity (Wildman–Crippen MR) is 82.1 cm³/mol. The Morgan fingerprint density at radius 2 is 1.78 bits per heavy atom. The number of aryl methyl sites for hydroxylation is 3. The lowest BCUT2D eigenvalue weighted by Crippen LogP contribution is -1.95. The van der Waals surface area contributed by atoms with E-state index in [1.807, 2.05) is 0 Å². The summed E-state index contributed by atoms with van der Waals surface area (Å²) in [6.45, 7) is 8.14. The molecule has 0 aliphatic carbocycles. The minimum absolute atomic E-state index is 0.176. The maximum absolute atomic E-state index is 10.9. The van der Waals surface area contributed by atoms with E-state index in [4.69, 9.17) is 0 Å². The van der Waals surface area contributed by atoms with Crippen molar-refractivity contribution in [3.8, 4) is 0 Å². The smallest absolute Gasteiger partial charge is 0.186 e. The highest BCUT2D eigenvalue weighted by molar-refractivity contribution is 8.13. The molecule has 1 aromatic carbocycles. The van der Waals surface area contributed by atoms with Crippen LogP contribution in [0.15, 0.2) is 18.2 Å². The largest absolute Gasteiger partial charge is 0.288 e. The van der Waals surface area contributed by atoms with E-state index in [9.17, 15) is 4.79 Å². The molecule has 98 valence electrons. The lowest BCUT2D eigenvalue weighted by molar-refractivity contribution is -0.109. The van der Waals surface area contributed by atoms with Crippen LogP contribution in [0.4, 0.5) is 0 Å². The Morgan fingerprint density at radius 1 is 1.22 bits per heavy atom. The van der Waals surface area contributed by atoms with Crippen LogP contribution in [0.25, 0.3) is 6.08 Å². The van der Waals surface area contributed by atoms with Gasteiger partial charge in [0.1, 0.15) is 0 Å². The van der Waals surface area contributed by atoms with Gasteiger partial charge in [-0.3, -0.25) is 4.79 Å². The fourth-order valence-corrected chi connectivity index (χ4v) is 2.51. The third-order valence-electron chi connectivity index (χ3n) is 2.92. The molecule has 0 aliphatic heterocycles. The third kappa shape index (κ3) is 4.34. The Kier molecular flexibility index (Phi) is 6.20. The van der Waals surface area contributed by atoms with Crippen LogP contribution in [-0.2, 0) is 17.6 Å². The van der Waals surface area contributed by atoms with Gasteiger partial charge < -0.3 is 0 Å². The molecule has 18 heavy (non-hydrogen) atoms. The fraction of sp³-hybridized carbons (Fsp3) is 0.438. The minimum atomic E-state index is 0.176. The molecule has 0 atom stereocenters. The molecule has 0 bridgehead atoms. The number of carbonyl (C=O) groups is 1. The molecule has 0 aromatic heterocycles. The summed E-state index contributed by atoms with van der Waals surface area (Å²) in [5, 5.41) is 0.176. The second-order valence-electron chi connectivity index (χ2n) is 4.41. The fourth-order valence-electron chi connectivity index (χ4n) is 2.08. The number of hydrogen-bond donors (Lipinski definition) is 0. The van der Waals surface area contributed by atoms with E-state index < -0.39 is 0 Å². The molecule has 1 nitrogen and oxygen atoms in total. The van der Waals surface area contributed by atoms with Crippen molar-refractivity contribution in [2.45, 2.75) is 40.5 Å². The summed E-state index contributed by atoms with van der Waals surface area (Å²) < 4.78 is 0. The van der Waals surface area contributed by atoms with Gasteiger partial charge >= 0.3 is 0 Å². The molecule has 2 heteroatoms. The van der Waals surface area contributed by atoms with Gasteiger partial charge in [-0.2, -0.15) is 0 Å². The molecule has 0 aliphatic rings. The highest BCUT2D eigenvalue weighted by Crippen LogP contribution is 2.21. The number of benzene rings is 1. The van der Waals surface area contributed by atoms with Crippen LogP contribution in [0.2, 0.25) is 0 Å². The molecular weight excluding hydrogens is 240 g/mol. The Morgan fingerprint density at radius 3 is 2.22 bits per heavy atom. The zero-order chi connectivity index (χ0) is 13.5.